The van der Waals surface area contributed by atoms with Crippen LogP contribution < -0.4 is 11.1 Å². The second-order valence-corrected chi connectivity index (χ2v) is 7.90. The van der Waals surface area contributed by atoms with Crippen molar-refractivity contribution in [2.24, 2.45) is 22.6 Å². The molecule has 7 nitrogen and oxygen atoms in total. The topological polar surface area (TPSA) is 83.2 Å². The molecule has 0 unspecified atom stereocenters. The standard InChI is InChI=1S/C20H39N5O2.HI/c1-3-22-20(24(2)14-15-27-16-17-6-7-17)23-10-4-5-11-25-12-8-18(9-13-25)19(21)26;/h17-18H,3-16H2,1-2H3,(H2,21,26)(H,22,23);1H. The molecule has 2 fully saturated rings. The fourth-order valence-corrected chi connectivity index (χ4v) is 3.38. The highest BCUT2D eigenvalue weighted by Crippen LogP contribution is 2.28. The number of likely N-dealkylation sites (tertiary alicyclic amines) is 1. The summed E-state index contributed by atoms with van der Waals surface area (Å²) >= 11 is 0. The number of primary amides is 1. The molecular weight excluding hydrogens is 469 g/mol. The fourth-order valence-electron chi connectivity index (χ4n) is 3.38. The molecule has 164 valence electrons. The molecule has 2 rings (SSSR count). The lowest BCUT2D eigenvalue weighted by molar-refractivity contribution is -0.123. The summed E-state index contributed by atoms with van der Waals surface area (Å²) in [4.78, 5) is 20.6. The summed E-state index contributed by atoms with van der Waals surface area (Å²) in [6.07, 6.45) is 6.71. The summed E-state index contributed by atoms with van der Waals surface area (Å²) < 4.78 is 5.73. The summed E-state index contributed by atoms with van der Waals surface area (Å²) in [5, 5.41) is 3.37. The number of nitrogens with one attached hydrogen (secondary N) is 1. The van der Waals surface area contributed by atoms with Crippen LogP contribution in [0.3, 0.4) is 0 Å². The van der Waals surface area contributed by atoms with Crippen molar-refractivity contribution >= 4 is 35.8 Å². The van der Waals surface area contributed by atoms with Crippen molar-refractivity contribution < 1.29 is 9.53 Å². The Bertz CT molecular complexity index is 466. The maximum absolute atomic E-state index is 11.2. The van der Waals surface area contributed by atoms with Gasteiger partial charge in [-0.05, 0) is 71.0 Å². The fraction of sp³-hybridized carbons (Fsp3) is 0.900. The third kappa shape index (κ3) is 10.2. The minimum Gasteiger partial charge on any atom is -0.379 e. The predicted octanol–water partition coefficient (Wildman–Crippen LogP) is 1.91. The van der Waals surface area contributed by atoms with E-state index in [-0.39, 0.29) is 35.8 Å². The van der Waals surface area contributed by atoms with E-state index < -0.39 is 0 Å². The first-order chi connectivity index (χ1) is 13.1. The number of nitrogens with two attached hydrogens (primary N) is 1. The van der Waals surface area contributed by atoms with Gasteiger partial charge in [-0.1, -0.05) is 0 Å². The molecule has 0 atom stereocenters. The Balaban J connectivity index is 0.00000392. The van der Waals surface area contributed by atoms with E-state index in [0.717, 1.165) is 90.0 Å². The van der Waals surface area contributed by atoms with Gasteiger partial charge in [0.15, 0.2) is 5.96 Å². The van der Waals surface area contributed by atoms with Crippen LogP contribution in [0.15, 0.2) is 4.99 Å². The van der Waals surface area contributed by atoms with Gasteiger partial charge in [-0.2, -0.15) is 0 Å². The lowest BCUT2D eigenvalue weighted by Gasteiger charge is -2.30. The molecule has 28 heavy (non-hydrogen) atoms. The van der Waals surface area contributed by atoms with E-state index in [9.17, 15) is 4.79 Å². The van der Waals surface area contributed by atoms with Gasteiger partial charge < -0.3 is 25.6 Å². The largest absolute Gasteiger partial charge is 0.379 e. The van der Waals surface area contributed by atoms with Crippen LogP contribution in [0.2, 0.25) is 0 Å². The second-order valence-electron chi connectivity index (χ2n) is 7.90. The van der Waals surface area contributed by atoms with Crippen LogP contribution in [0.4, 0.5) is 0 Å². The van der Waals surface area contributed by atoms with Crippen molar-refractivity contribution in [3.63, 3.8) is 0 Å². The highest BCUT2D eigenvalue weighted by molar-refractivity contribution is 14.0. The van der Waals surface area contributed by atoms with Crippen LogP contribution in [0, 0.1) is 11.8 Å². The number of piperidine rings is 1. The number of rotatable bonds is 12. The van der Waals surface area contributed by atoms with E-state index in [0.29, 0.717) is 0 Å². The highest BCUT2D eigenvalue weighted by Gasteiger charge is 2.22. The van der Waals surface area contributed by atoms with E-state index in [4.69, 9.17) is 15.5 Å². The maximum Gasteiger partial charge on any atom is 0.220 e. The third-order valence-electron chi connectivity index (χ3n) is 5.45. The summed E-state index contributed by atoms with van der Waals surface area (Å²) in [6, 6.07) is 0. The SMILES string of the molecule is CCNC(=NCCCCN1CCC(C(N)=O)CC1)N(C)CCOCC1CC1.I. The number of amides is 1. The number of hydrogen-bond donors (Lipinski definition) is 2. The Morgan fingerprint density at radius 2 is 1.96 bits per heavy atom. The summed E-state index contributed by atoms with van der Waals surface area (Å²) in [5.74, 6) is 1.73. The zero-order valence-electron chi connectivity index (χ0n) is 17.7. The summed E-state index contributed by atoms with van der Waals surface area (Å²) in [7, 11) is 2.07. The molecule has 1 saturated heterocycles. The van der Waals surface area contributed by atoms with Crippen LogP contribution in [-0.4, -0.2) is 81.2 Å². The predicted molar refractivity (Wildman–Crippen MR) is 125 cm³/mol. The normalized spacial score (nSPS) is 18.6. The Hall–Kier alpha value is -0.610. The molecule has 1 aliphatic heterocycles. The third-order valence-corrected chi connectivity index (χ3v) is 5.45. The van der Waals surface area contributed by atoms with Crippen molar-refractivity contribution in [2.75, 3.05) is 59.5 Å². The molecule has 0 spiro atoms. The summed E-state index contributed by atoms with van der Waals surface area (Å²) in [6.45, 7) is 9.43. The highest BCUT2D eigenvalue weighted by atomic mass is 127. The van der Waals surface area contributed by atoms with Gasteiger partial charge in [0.25, 0.3) is 0 Å². The Labute approximate surface area is 187 Å². The molecule has 0 aromatic rings. The van der Waals surface area contributed by atoms with E-state index in [1.165, 1.54) is 12.8 Å². The van der Waals surface area contributed by atoms with Gasteiger partial charge in [0.05, 0.1) is 6.61 Å². The lowest BCUT2D eigenvalue weighted by Crippen LogP contribution is -2.40. The number of halogens is 1. The minimum absolute atomic E-state index is 0. The zero-order valence-corrected chi connectivity index (χ0v) is 20.0. The molecule has 8 heteroatoms. The number of ether oxygens (including phenoxy) is 1. The number of unbranched alkanes of at least 4 members (excludes halogenated alkanes) is 1. The zero-order chi connectivity index (χ0) is 19.5. The Kier molecular flexibility index (Phi) is 13.1. The van der Waals surface area contributed by atoms with Crippen molar-refractivity contribution in [1.29, 1.82) is 0 Å². The lowest BCUT2D eigenvalue weighted by atomic mass is 9.96. The van der Waals surface area contributed by atoms with Crippen molar-refractivity contribution in [1.82, 2.24) is 15.1 Å². The summed E-state index contributed by atoms with van der Waals surface area (Å²) in [5.41, 5.74) is 5.39. The van der Waals surface area contributed by atoms with Crippen LogP contribution in [-0.2, 0) is 9.53 Å². The van der Waals surface area contributed by atoms with Gasteiger partial charge in [0.1, 0.15) is 0 Å². The smallest absolute Gasteiger partial charge is 0.220 e. The molecule has 0 bridgehead atoms. The number of guanidine groups is 1. The molecule has 1 amide bonds. The molecule has 1 heterocycles. The van der Waals surface area contributed by atoms with Crippen molar-refractivity contribution in [3.05, 3.63) is 0 Å². The van der Waals surface area contributed by atoms with Crippen molar-refractivity contribution in [2.45, 2.75) is 45.4 Å². The molecule has 0 radical (unpaired) electrons. The monoisotopic (exact) mass is 509 g/mol. The van der Waals surface area contributed by atoms with Gasteiger partial charge in [-0.15, -0.1) is 24.0 Å². The van der Waals surface area contributed by atoms with Crippen LogP contribution in [0.1, 0.15) is 45.4 Å². The maximum atomic E-state index is 11.2. The van der Waals surface area contributed by atoms with Crippen LogP contribution in [0.25, 0.3) is 0 Å². The Morgan fingerprint density at radius 1 is 1.25 bits per heavy atom. The van der Waals surface area contributed by atoms with Gasteiger partial charge in [0.2, 0.25) is 5.91 Å². The number of carbonyl (C=O) groups excluding carboxylic acids is 1. The van der Waals surface area contributed by atoms with E-state index in [1.54, 1.807) is 0 Å². The van der Waals surface area contributed by atoms with Crippen LogP contribution in [0.5, 0.6) is 0 Å². The number of hydrogen-bond acceptors (Lipinski definition) is 4. The van der Waals surface area contributed by atoms with E-state index in [2.05, 4.69) is 29.1 Å². The number of carbonyl (C=O) groups is 1. The van der Waals surface area contributed by atoms with Crippen LogP contribution >= 0.6 is 24.0 Å². The van der Waals surface area contributed by atoms with E-state index >= 15 is 0 Å². The van der Waals surface area contributed by atoms with Gasteiger partial charge in [-0.3, -0.25) is 9.79 Å². The van der Waals surface area contributed by atoms with Gasteiger partial charge in [0, 0.05) is 39.2 Å². The quantitative estimate of drug-likeness (QED) is 0.182. The molecule has 2 aliphatic rings. The molecule has 0 aromatic carbocycles. The second kappa shape index (κ2) is 14.4. The van der Waals surface area contributed by atoms with E-state index in [1.807, 2.05) is 0 Å². The van der Waals surface area contributed by atoms with Gasteiger partial charge in [-0.25, -0.2) is 0 Å². The molecule has 3 N–H and O–H groups in total. The van der Waals surface area contributed by atoms with Crippen molar-refractivity contribution in [3.8, 4) is 0 Å². The number of likely N-dealkylation sites (N-methyl/N-ethyl adjacent to an activating group) is 1. The molecule has 0 aromatic heterocycles. The minimum atomic E-state index is -0.137. The first kappa shape index (κ1) is 25.4. The number of aliphatic imine (C=N–C) groups is 1. The first-order valence-electron chi connectivity index (χ1n) is 10.7. The first-order valence-corrected chi connectivity index (χ1v) is 10.7. The molecule has 1 saturated carbocycles. The molecule has 1 aliphatic carbocycles. The van der Waals surface area contributed by atoms with Gasteiger partial charge >= 0.3 is 0 Å². The molecular formula is C20H40IN5O2. The average molecular weight is 509 g/mol. The average Bonchev–Trinajstić information content (AvgIpc) is 3.48. The Morgan fingerprint density at radius 3 is 2.57 bits per heavy atom. The number of nitrogens with zero attached hydrogens (tertiary/aromatic N) is 3.